The molecule has 1 aromatic rings. The van der Waals surface area contributed by atoms with Gasteiger partial charge in [0.25, 0.3) is 0 Å². The lowest BCUT2D eigenvalue weighted by Crippen LogP contribution is -2.17. The predicted octanol–water partition coefficient (Wildman–Crippen LogP) is 6.67. The summed E-state index contributed by atoms with van der Waals surface area (Å²) in [5, 5.41) is 0. The van der Waals surface area contributed by atoms with Gasteiger partial charge < -0.3 is 0 Å². The standard InChI is InChI=1S/C18H29Cl/c1-3-5-6-7-8-9-13-16-18(19,4-2)17-14-11-10-12-15-17/h10-12,14-15H,3-9,13,16H2,1-2H3. The molecule has 1 heteroatoms. The highest BCUT2D eigenvalue weighted by Crippen LogP contribution is 2.37. The molecule has 1 rings (SSSR count). The normalized spacial score (nSPS) is 14.3. The van der Waals surface area contributed by atoms with Crippen LogP contribution in [0.3, 0.4) is 0 Å². The summed E-state index contributed by atoms with van der Waals surface area (Å²) in [7, 11) is 0. The number of rotatable bonds is 10. The van der Waals surface area contributed by atoms with Crippen LogP contribution in [0.2, 0.25) is 0 Å². The molecule has 1 atom stereocenters. The third-order valence-electron chi connectivity index (χ3n) is 4.03. The van der Waals surface area contributed by atoms with Crippen molar-refractivity contribution < 1.29 is 0 Å². The molecule has 0 radical (unpaired) electrons. The van der Waals surface area contributed by atoms with E-state index in [1.807, 2.05) is 0 Å². The molecule has 108 valence electrons. The van der Waals surface area contributed by atoms with Crippen molar-refractivity contribution in [2.24, 2.45) is 0 Å². The van der Waals surface area contributed by atoms with Gasteiger partial charge >= 0.3 is 0 Å². The molecule has 0 aliphatic carbocycles. The molecule has 0 saturated carbocycles. The summed E-state index contributed by atoms with van der Waals surface area (Å²) in [6, 6.07) is 10.6. The van der Waals surface area contributed by atoms with Crippen molar-refractivity contribution in [3.8, 4) is 0 Å². The van der Waals surface area contributed by atoms with Crippen molar-refractivity contribution in [3.05, 3.63) is 35.9 Å². The zero-order chi connectivity index (χ0) is 14.0. The summed E-state index contributed by atoms with van der Waals surface area (Å²) in [5.41, 5.74) is 1.28. The van der Waals surface area contributed by atoms with Crippen molar-refractivity contribution in [1.29, 1.82) is 0 Å². The van der Waals surface area contributed by atoms with E-state index in [1.54, 1.807) is 0 Å². The van der Waals surface area contributed by atoms with E-state index in [2.05, 4.69) is 44.2 Å². The lowest BCUT2D eigenvalue weighted by Gasteiger charge is -2.26. The Labute approximate surface area is 124 Å². The van der Waals surface area contributed by atoms with Gasteiger partial charge in [0.2, 0.25) is 0 Å². The first kappa shape index (κ1) is 16.6. The minimum absolute atomic E-state index is 0.148. The van der Waals surface area contributed by atoms with Crippen LogP contribution in [-0.4, -0.2) is 0 Å². The monoisotopic (exact) mass is 280 g/mol. The van der Waals surface area contributed by atoms with Gasteiger partial charge in [-0.05, 0) is 18.4 Å². The number of alkyl halides is 1. The van der Waals surface area contributed by atoms with E-state index >= 15 is 0 Å². The summed E-state index contributed by atoms with van der Waals surface area (Å²) < 4.78 is 0. The Bertz CT molecular complexity index is 320. The molecule has 0 amide bonds. The van der Waals surface area contributed by atoms with Gasteiger partial charge in [0.05, 0.1) is 4.87 Å². The molecule has 0 N–H and O–H groups in total. The number of unbranched alkanes of at least 4 members (excludes halogenated alkanes) is 6. The van der Waals surface area contributed by atoms with Gasteiger partial charge in [0.1, 0.15) is 0 Å². The van der Waals surface area contributed by atoms with Crippen LogP contribution >= 0.6 is 11.6 Å². The highest BCUT2D eigenvalue weighted by molar-refractivity contribution is 6.24. The van der Waals surface area contributed by atoms with Crippen LogP contribution < -0.4 is 0 Å². The average molecular weight is 281 g/mol. The third-order valence-corrected chi connectivity index (χ3v) is 4.70. The van der Waals surface area contributed by atoms with Crippen molar-refractivity contribution in [3.63, 3.8) is 0 Å². The van der Waals surface area contributed by atoms with E-state index in [9.17, 15) is 0 Å². The Balaban J connectivity index is 2.29. The molecule has 0 saturated heterocycles. The number of halogens is 1. The molecule has 1 aromatic carbocycles. The minimum Gasteiger partial charge on any atom is -0.114 e. The number of benzene rings is 1. The molecule has 0 bridgehead atoms. The Hall–Kier alpha value is -0.490. The minimum atomic E-state index is -0.148. The van der Waals surface area contributed by atoms with E-state index < -0.39 is 0 Å². The number of hydrogen-bond acceptors (Lipinski definition) is 0. The fourth-order valence-corrected chi connectivity index (χ4v) is 2.88. The maximum atomic E-state index is 6.81. The van der Waals surface area contributed by atoms with E-state index in [0.717, 1.165) is 12.8 Å². The Kier molecular flexibility index (Phi) is 8.21. The lowest BCUT2D eigenvalue weighted by atomic mass is 9.90. The Morgan fingerprint density at radius 2 is 1.42 bits per heavy atom. The zero-order valence-electron chi connectivity index (χ0n) is 12.6. The maximum absolute atomic E-state index is 6.81. The fraction of sp³-hybridized carbons (Fsp3) is 0.667. The quantitative estimate of drug-likeness (QED) is 0.331. The predicted molar refractivity (Wildman–Crippen MR) is 86.9 cm³/mol. The van der Waals surface area contributed by atoms with Crippen molar-refractivity contribution in [1.82, 2.24) is 0 Å². The molecule has 0 aliphatic rings. The van der Waals surface area contributed by atoms with Gasteiger partial charge in [0.15, 0.2) is 0 Å². The molecule has 0 aliphatic heterocycles. The summed E-state index contributed by atoms with van der Waals surface area (Å²) in [6.45, 7) is 4.46. The third kappa shape index (κ3) is 5.99. The number of hydrogen-bond donors (Lipinski definition) is 0. The van der Waals surface area contributed by atoms with Gasteiger partial charge in [-0.2, -0.15) is 0 Å². The highest BCUT2D eigenvalue weighted by atomic mass is 35.5. The SMILES string of the molecule is CCCCCCCCCC(Cl)(CC)c1ccccc1. The van der Waals surface area contributed by atoms with Gasteiger partial charge in [-0.3, -0.25) is 0 Å². The maximum Gasteiger partial charge on any atom is 0.0692 e. The second-order valence-electron chi connectivity index (χ2n) is 5.56. The molecule has 0 heterocycles. The van der Waals surface area contributed by atoms with E-state index in [4.69, 9.17) is 11.6 Å². The summed E-state index contributed by atoms with van der Waals surface area (Å²) in [6.07, 6.45) is 11.6. The van der Waals surface area contributed by atoms with Crippen LogP contribution in [0.5, 0.6) is 0 Å². The van der Waals surface area contributed by atoms with E-state index in [-0.39, 0.29) is 4.87 Å². The molecular weight excluding hydrogens is 252 g/mol. The molecule has 1 unspecified atom stereocenters. The Morgan fingerprint density at radius 3 is 2.00 bits per heavy atom. The van der Waals surface area contributed by atoms with Gasteiger partial charge in [-0.1, -0.05) is 89.1 Å². The summed E-state index contributed by atoms with van der Waals surface area (Å²) >= 11 is 6.81. The topological polar surface area (TPSA) is 0 Å². The molecule has 0 aromatic heterocycles. The lowest BCUT2D eigenvalue weighted by molar-refractivity contribution is 0.485. The first-order valence-electron chi connectivity index (χ1n) is 7.97. The van der Waals surface area contributed by atoms with Crippen LogP contribution in [0.4, 0.5) is 0 Å². The molecule has 0 nitrogen and oxygen atoms in total. The molecule has 19 heavy (non-hydrogen) atoms. The van der Waals surface area contributed by atoms with E-state index in [0.29, 0.717) is 0 Å². The molecular formula is C18H29Cl. The second-order valence-corrected chi connectivity index (χ2v) is 6.28. The van der Waals surface area contributed by atoms with Crippen molar-refractivity contribution >= 4 is 11.6 Å². The first-order valence-corrected chi connectivity index (χ1v) is 8.35. The molecule has 0 spiro atoms. The van der Waals surface area contributed by atoms with Crippen molar-refractivity contribution in [2.45, 2.75) is 76.5 Å². The second kappa shape index (κ2) is 9.42. The summed E-state index contributed by atoms with van der Waals surface area (Å²) in [4.78, 5) is -0.148. The summed E-state index contributed by atoms with van der Waals surface area (Å²) in [5.74, 6) is 0. The fourth-order valence-electron chi connectivity index (χ4n) is 2.62. The van der Waals surface area contributed by atoms with Crippen LogP contribution in [0.15, 0.2) is 30.3 Å². The van der Waals surface area contributed by atoms with Gasteiger partial charge in [-0.25, -0.2) is 0 Å². The van der Waals surface area contributed by atoms with E-state index in [1.165, 1.54) is 50.5 Å². The van der Waals surface area contributed by atoms with Crippen molar-refractivity contribution in [2.75, 3.05) is 0 Å². The molecule has 0 fully saturated rings. The Morgan fingerprint density at radius 1 is 0.842 bits per heavy atom. The first-order chi connectivity index (χ1) is 9.23. The van der Waals surface area contributed by atoms with Crippen LogP contribution in [0.25, 0.3) is 0 Å². The van der Waals surface area contributed by atoms with Gasteiger partial charge in [-0.15, -0.1) is 11.6 Å². The van der Waals surface area contributed by atoms with Crippen LogP contribution in [0, 0.1) is 0 Å². The average Bonchev–Trinajstić information content (AvgIpc) is 2.47. The van der Waals surface area contributed by atoms with Crippen LogP contribution in [-0.2, 0) is 4.87 Å². The largest absolute Gasteiger partial charge is 0.114 e. The highest BCUT2D eigenvalue weighted by Gasteiger charge is 2.26. The van der Waals surface area contributed by atoms with Crippen LogP contribution in [0.1, 0.15) is 77.2 Å². The van der Waals surface area contributed by atoms with Gasteiger partial charge in [0, 0.05) is 0 Å². The smallest absolute Gasteiger partial charge is 0.0692 e. The zero-order valence-corrected chi connectivity index (χ0v) is 13.4.